The number of carbonyl (C=O) groups excluding carboxylic acids is 2. The molecular weight excluding hydrogens is 359 g/mol. The van der Waals surface area contributed by atoms with E-state index in [1.54, 1.807) is 36.5 Å². The summed E-state index contributed by atoms with van der Waals surface area (Å²) < 4.78 is 19.6. The summed E-state index contributed by atoms with van der Waals surface area (Å²) in [5.74, 6) is -0.395. The molecule has 5 nitrogen and oxygen atoms in total. The number of pyridine rings is 1. The smallest absolute Gasteiger partial charge is 0.295 e. The van der Waals surface area contributed by atoms with Crippen LogP contribution in [0.2, 0.25) is 0 Å². The molecule has 1 saturated carbocycles. The number of benzene rings is 1. The second-order valence-electron chi connectivity index (χ2n) is 7.47. The van der Waals surface area contributed by atoms with Gasteiger partial charge in [-0.3, -0.25) is 14.5 Å². The Morgan fingerprint density at radius 3 is 2.57 bits per heavy atom. The van der Waals surface area contributed by atoms with E-state index in [4.69, 9.17) is 4.74 Å². The van der Waals surface area contributed by atoms with Gasteiger partial charge in [-0.2, -0.15) is 0 Å². The first kappa shape index (κ1) is 17.1. The number of anilines is 1. The van der Waals surface area contributed by atoms with Crippen molar-refractivity contribution in [1.82, 2.24) is 4.98 Å². The van der Waals surface area contributed by atoms with Gasteiger partial charge in [0.25, 0.3) is 5.91 Å². The Morgan fingerprint density at radius 2 is 1.82 bits per heavy atom. The van der Waals surface area contributed by atoms with E-state index < -0.39 is 6.04 Å². The first-order valence-electron chi connectivity index (χ1n) is 9.60. The number of hydrogen-bond donors (Lipinski definition) is 0. The number of ether oxygens (including phenoxy) is 1. The van der Waals surface area contributed by atoms with Gasteiger partial charge in [-0.1, -0.05) is 24.6 Å². The van der Waals surface area contributed by atoms with Gasteiger partial charge in [0.2, 0.25) is 0 Å². The molecule has 6 heteroatoms. The van der Waals surface area contributed by atoms with Crippen LogP contribution in [0.25, 0.3) is 0 Å². The monoisotopic (exact) mass is 378 g/mol. The van der Waals surface area contributed by atoms with Crippen molar-refractivity contribution in [1.29, 1.82) is 0 Å². The molecule has 1 aromatic carbocycles. The molecule has 3 unspecified atom stereocenters. The molecule has 2 aliphatic heterocycles. The lowest BCUT2D eigenvalue weighted by Crippen LogP contribution is -2.39. The van der Waals surface area contributed by atoms with Crippen LogP contribution in [-0.4, -0.2) is 22.8 Å². The topological polar surface area (TPSA) is 59.5 Å². The van der Waals surface area contributed by atoms with Crippen LogP contribution in [-0.2, 0) is 14.3 Å². The molecule has 2 aromatic rings. The molecule has 3 aliphatic rings. The lowest BCUT2D eigenvalue weighted by atomic mass is 9.77. The highest BCUT2D eigenvalue weighted by Gasteiger charge is 2.52. The van der Waals surface area contributed by atoms with Gasteiger partial charge in [0.05, 0.1) is 17.5 Å². The Labute approximate surface area is 161 Å². The number of fused-ring (bicyclic) bond motifs is 1. The molecule has 0 saturated heterocycles. The fraction of sp³-hybridized carbons (Fsp3) is 0.318. The van der Waals surface area contributed by atoms with Gasteiger partial charge in [0, 0.05) is 6.20 Å². The molecule has 1 fully saturated rings. The SMILES string of the molecule is O=C1C2=C(OC3CCCCC13)C(=O)N(c1ccccn1)C2c1ccc(F)cc1. The van der Waals surface area contributed by atoms with Crippen molar-refractivity contribution in [2.24, 2.45) is 5.92 Å². The third-order valence-corrected chi connectivity index (χ3v) is 5.85. The van der Waals surface area contributed by atoms with Crippen LogP contribution in [0.5, 0.6) is 0 Å². The van der Waals surface area contributed by atoms with E-state index in [0.29, 0.717) is 17.0 Å². The zero-order chi connectivity index (χ0) is 19.3. The lowest BCUT2D eigenvalue weighted by molar-refractivity contribution is -0.131. The van der Waals surface area contributed by atoms with E-state index in [0.717, 1.165) is 25.7 Å². The lowest BCUT2D eigenvalue weighted by Gasteiger charge is -2.35. The molecule has 0 bridgehead atoms. The minimum Gasteiger partial charge on any atom is -0.483 e. The van der Waals surface area contributed by atoms with E-state index in [2.05, 4.69) is 4.98 Å². The van der Waals surface area contributed by atoms with Crippen molar-refractivity contribution in [2.75, 3.05) is 4.90 Å². The number of amides is 1. The molecule has 0 radical (unpaired) electrons. The number of nitrogens with zero attached hydrogens (tertiary/aromatic N) is 2. The predicted octanol–water partition coefficient (Wildman–Crippen LogP) is 3.72. The van der Waals surface area contributed by atoms with Crippen LogP contribution in [0.3, 0.4) is 0 Å². The van der Waals surface area contributed by atoms with Crippen LogP contribution in [0.1, 0.15) is 37.3 Å². The number of aromatic nitrogens is 1. The maximum Gasteiger partial charge on any atom is 0.295 e. The molecule has 5 rings (SSSR count). The quantitative estimate of drug-likeness (QED) is 0.799. The molecule has 1 amide bonds. The third kappa shape index (κ3) is 2.55. The van der Waals surface area contributed by atoms with E-state index in [9.17, 15) is 14.0 Å². The zero-order valence-corrected chi connectivity index (χ0v) is 15.2. The summed E-state index contributed by atoms with van der Waals surface area (Å²) >= 11 is 0. The van der Waals surface area contributed by atoms with E-state index in [1.165, 1.54) is 17.0 Å². The summed E-state index contributed by atoms with van der Waals surface area (Å²) in [4.78, 5) is 32.5. The average Bonchev–Trinajstić information content (AvgIpc) is 3.02. The van der Waals surface area contributed by atoms with Crippen LogP contribution < -0.4 is 4.90 Å². The summed E-state index contributed by atoms with van der Waals surface area (Å²) in [6.07, 6.45) is 4.90. The number of Topliss-reactive ketones (excluding diaryl/α,β-unsaturated/α-hetero) is 1. The summed E-state index contributed by atoms with van der Waals surface area (Å²) in [6, 6.07) is 10.5. The van der Waals surface area contributed by atoms with Gasteiger partial charge >= 0.3 is 0 Å². The Kier molecular flexibility index (Phi) is 4.00. The Balaban J connectivity index is 1.66. The van der Waals surface area contributed by atoms with Crippen molar-refractivity contribution in [3.63, 3.8) is 0 Å². The van der Waals surface area contributed by atoms with Crippen LogP contribution >= 0.6 is 0 Å². The van der Waals surface area contributed by atoms with Gasteiger partial charge in [-0.15, -0.1) is 0 Å². The molecule has 0 N–H and O–H groups in total. The number of ketones is 1. The van der Waals surface area contributed by atoms with Crippen molar-refractivity contribution < 1.29 is 18.7 Å². The first-order valence-corrected chi connectivity index (χ1v) is 9.60. The van der Waals surface area contributed by atoms with E-state index >= 15 is 0 Å². The highest BCUT2D eigenvalue weighted by molar-refractivity contribution is 6.17. The fourth-order valence-corrected chi connectivity index (χ4v) is 4.54. The minimum atomic E-state index is -0.659. The van der Waals surface area contributed by atoms with E-state index in [-0.39, 0.29) is 35.3 Å². The van der Waals surface area contributed by atoms with Crippen molar-refractivity contribution in [3.8, 4) is 0 Å². The van der Waals surface area contributed by atoms with Crippen molar-refractivity contribution >= 4 is 17.5 Å². The fourth-order valence-electron chi connectivity index (χ4n) is 4.54. The predicted molar refractivity (Wildman–Crippen MR) is 99.7 cm³/mol. The number of hydrogen-bond acceptors (Lipinski definition) is 4. The normalized spacial score (nSPS) is 26.8. The van der Waals surface area contributed by atoms with Crippen molar-refractivity contribution in [2.45, 2.75) is 37.8 Å². The number of halogens is 1. The largest absolute Gasteiger partial charge is 0.483 e. The average molecular weight is 378 g/mol. The molecule has 1 aliphatic carbocycles. The maximum absolute atomic E-state index is 13.5. The molecule has 1 aromatic heterocycles. The molecule has 0 spiro atoms. The van der Waals surface area contributed by atoms with Crippen LogP contribution in [0.4, 0.5) is 10.2 Å². The van der Waals surface area contributed by atoms with E-state index in [1.807, 2.05) is 0 Å². The summed E-state index contributed by atoms with van der Waals surface area (Å²) in [5.41, 5.74) is 1.04. The van der Waals surface area contributed by atoms with Gasteiger partial charge in [-0.25, -0.2) is 9.37 Å². The number of rotatable bonds is 2. The zero-order valence-electron chi connectivity index (χ0n) is 15.2. The standard InChI is InChI=1S/C22H19FN2O3/c23-14-10-8-13(9-11-14)19-18-20(26)15-5-1-2-6-16(15)28-21(18)22(27)25(19)17-7-3-4-12-24-17/h3-4,7-12,15-16,19H,1-2,5-6H2. The minimum absolute atomic E-state index is 0.0212. The van der Waals surface area contributed by atoms with Gasteiger partial charge in [0.1, 0.15) is 17.7 Å². The Bertz CT molecular complexity index is 971. The molecule has 3 atom stereocenters. The van der Waals surface area contributed by atoms with Gasteiger partial charge in [0.15, 0.2) is 11.5 Å². The number of carbonyl (C=O) groups is 2. The van der Waals surface area contributed by atoms with Gasteiger partial charge in [-0.05, 0) is 49.1 Å². The molecule has 3 heterocycles. The summed E-state index contributed by atoms with van der Waals surface area (Å²) in [5, 5.41) is 0. The second kappa shape index (κ2) is 6.55. The Morgan fingerprint density at radius 1 is 1.04 bits per heavy atom. The van der Waals surface area contributed by atoms with Crippen LogP contribution in [0, 0.1) is 11.7 Å². The third-order valence-electron chi connectivity index (χ3n) is 5.85. The van der Waals surface area contributed by atoms with Crippen molar-refractivity contribution in [3.05, 3.63) is 71.4 Å². The van der Waals surface area contributed by atoms with Crippen LogP contribution in [0.15, 0.2) is 60.0 Å². The first-order chi connectivity index (χ1) is 13.6. The summed E-state index contributed by atoms with van der Waals surface area (Å²) in [6.45, 7) is 0. The molecule has 142 valence electrons. The highest BCUT2D eigenvalue weighted by atomic mass is 19.1. The Hall–Kier alpha value is -3.02. The molecule has 28 heavy (non-hydrogen) atoms. The highest BCUT2D eigenvalue weighted by Crippen LogP contribution is 2.47. The molecular formula is C22H19FN2O3. The second-order valence-corrected chi connectivity index (χ2v) is 7.47. The maximum atomic E-state index is 13.5. The van der Waals surface area contributed by atoms with Gasteiger partial charge < -0.3 is 4.74 Å². The summed E-state index contributed by atoms with van der Waals surface area (Å²) in [7, 11) is 0.